The third kappa shape index (κ3) is 12.2. The first-order valence-electron chi connectivity index (χ1n) is 3.88. The van der Waals surface area contributed by atoms with Gasteiger partial charge < -0.3 is 5.32 Å². The fourth-order valence-corrected chi connectivity index (χ4v) is 0.494. The molecular weight excluding hydrogens is 170 g/mol. The second-order valence-corrected chi connectivity index (χ2v) is 3.48. The third-order valence-electron chi connectivity index (χ3n) is 0.970. The Bertz CT molecular complexity index is 178. The first-order chi connectivity index (χ1) is 5.06. The molecule has 0 aliphatic carbocycles. The van der Waals surface area contributed by atoms with Crippen molar-refractivity contribution < 1.29 is 0 Å². The Balaban J connectivity index is 0. The van der Waals surface area contributed by atoms with E-state index in [0.29, 0.717) is 0 Å². The summed E-state index contributed by atoms with van der Waals surface area (Å²) in [6.45, 7) is 7.20. The highest BCUT2D eigenvalue weighted by atomic mass is 35.5. The molecule has 0 aromatic carbocycles. The maximum absolute atomic E-state index is 3.12. The Morgan fingerprint density at radius 2 is 1.92 bits per heavy atom. The van der Waals surface area contributed by atoms with Crippen molar-refractivity contribution in [1.82, 2.24) is 5.32 Å². The minimum absolute atomic E-state index is 0. The summed E-state index contributed by atoms with van der Waals surface area (Å²) in [5.74, 6) is 6.11. The van der Waals surface area contributed by atoms with Crippen LogP contribution in [-0.2, 0) is 0 Å². The third-order valence-corrected chi connectivity index (χ3v) is 0.970. The van der Waals surface area contributed by atoms with Crippen LogP contribution in [0.1, 0.15) is 20.8 Å². The van der Waals surface area contributed by atoms with Crippen LogP contribution in [-0.4, -0.2) is 13.6 Å². The van der Waals surface area contributed by atoms with Gasteiger partial charge in [0, 0.05) is 12.0 Å². The standard InChI is InChI=1S/C10H17N.ClH/c1-10(2,3)8-6-5-7-9-11-4;/h5,7,11H,9H2,1-4H3;1H/b7-5+;. The molecule has 0 radical (unpaired) electrons. The van der Waals surface area contributed by atoms with Gasteiger partial charge >= 0.3 is 0 Å². The van der Waals surface area contributed by atoms with Crippen LogP contribution in [0.3, 0.4) is 0 Å². The molecule has 0 aliphatic rings. The molecule has 2 heteroatoms. The molecule has 0 saturated carbocycles. The summed E-state index contributed by atoms with van der Waals surface area (Å²) in [6, 6.07) is 0. The van der Waals surface area contributed by atoms with Crippen molar-refractivity contribution in [1.29, 1.82) is 0 Å². The fourth-order valence-electron chi connectivity index (χ4n) is 0.494. The van der Waals surface area contributed by atoms with Crippen molar-refractivity contribution in [3.05, 3.63) is 12.2 Å². The lowest BCUT2D eigenvalue weighted by atomic mass is 9.98. The largest absolute Gasteiger partial charge is 0.316 e. The van der Waals surface area contributed by atoms with Gasteiger partial charge in [-0.2, -0.15) is 0 Å². The van der Waals surface area contributed by atoms with E-state index in [1.807, 2.05) is 19.2 Å². The maximum atomic E-state index is 3.12. The summed E-state index contributed by atoms with van der Waals surface area (Å²) < 4.78 is 0. The van der Waals surface area contributed by atoms with E-state index < -0.39 is 0 Å². The van der Waals surface area contributed by atoms with Gasteiger partial charge in [0.25, 0.3) is 0 Å². The second-order valence-electron chi connectivity index (χ2n) is 3.48. The number of likely N-dealkylation sites (N-methyl/N-ethyl adjacent to an activating group) is 1. The molecule has 0 spiro atoms. The summed E-state index contributed by atoms with van der Waals surface area (Å²) in [5.41, 5.74) is 0.115. The van der Waals surface area contributed by atoms with Gasteiger partial charge in [-0.1, -0.05) is 17.9 Å². The number of nitrogens with one attached hydrogen (secondary N) is 1. The molecule has 0 saturated heterocycles. The molecule has 0 rings (SSSR count). The van der Waals surface area contributed by atoms with Gasteiger partial charge in [0.1, 0.15) is 0 Å². The Morgan fingerprint density at radius 1 is 1.33 bits per heavy atom. The summed E-state index contributed by atoms with van der Waals surface area (Å²) in [6.07, 6.45) is 3.90. The molecular formula is C10H18ClN. The Hall–Kier alpha value is -0.450. The van der Waals surface area contributed by atoms with Crippen LogP contribution in [0.2, 0.25) is 0 Å². The average Bonchev–Trinajstić information content (AvgIpc) is 1.85. The van der Waals surface area contributed by atoms with Gasteiger partial charge in [-0.25, -0.2) is 0 Å². The van der Waals surface area contributed by atoms with Gasteiger partial charge in [0.05, 0.1) is 0 Å². The van der Waals surface area contributed by atoms with Gasteiger partial charge in [0.15, 0.2) is 0 Å². The summed E-state index contributed by atoms with van der Waals surface area (Å²) in [4.78, 5) is 0. The minimum Gasteiger partial charge on any atom is -0.316 e. The van der Waals surface area contributed by atoms with E-state index in [2.05, 4.69) is 37.9 Å². The zero-order chi connectivity index (χ0) is 8.74. The van der Waals surface area contributed by atoms with E-state index in [4.69, 9.17) is 0 Å². The van der Waals surface area contributed by atoms with Crippen molar-refractivity contribution in [2.45, 2.75) is 20.8 Å². The lowest BCUT2D eigenvalue weighted by Crippen LogP contribution is -2.03. The SMILES string of the molecule is CNC/C=C/C#CC(C)(C)C.Cl. The highest BCUT2D eigenvalue weighted by Crippen LogP contribution is 2.09. The van der Waals surface area contributed by atoms with Crippen LogP contribution < -0.4 is 5.32 Å². The monoisotopic (exact) mass is 187 g/mol. The zero-order valence-corrected chi connectivity index (χ0v) is 9.09. The normalized spacial score (nSPS) is 10.3. The second kappa shape index (κ2) is 7.21. The Kier molecular flexibility index (Phi) is 8.47. The molecule has 70 valence electrons. The lowest BCUT2D eigenvalue weighted by Gasteiger charge is -2.05. The molecule has 0 amide bonds. The predicted octanol–water partition coefficient (Wildman–Crippen LogP) is 2.23. The molecule has 0 bridgehead atoms. The van der Waals surface area contributed by atoms with Crippen molar-refractivity contribution in [2.24, 2.45) is 5.41 Å². The minimum atomic E-state index is 0. The van der Waals surface area contributed by atoms with Gasteiger partial charge in [-0.05, 0) is 33.9 Å². The Labute approximate surface area is 82.0 Å². The molecule has 1 nitrogen and oxygen atoms in total. The first kappa shape index (κ1) is 14.1. The van der Waals surface area contributed by atoms with Crippen LogP contribution in [0.15, 0.2) is 12.2 Å². The van der Waals surface area contributed by atoms with E-state index in [-0.39, 0.29) is 17.8 Å². The van der Waals surface area contributed by atoms with Crippen molar-refractivity contribution in [3.63, 3.8) is 0 Å². The maximum Gasteiger partial charge on any atom is 0.0233 e. The van der Waals surface area contributed by atoms with Crippen LogP contribution in [0.25, 0.3) is 0 Å². The number of rotatable bonds is 2. The number of hydrogen-bond acceptors (Lipinski definition) is 1. The van der Waals surface area contributed by atoms with E-state index in [9.17, 15) is 0 Å². The molecule has 0 heterocycles. The van der Waals surface area contributed by atoms with E-state index in [0.717, 1.165) is 6.54 Å². The van der Waals surface area contributed by atoms with Crippen molar-refractivity contribution in [2.75, 3.05) is 13.6 Å². The number of hydrogen-bond donors (Lipinski definition) is 1. The van der Waals surface area contributed by atoms with Crippen LogP contribution in [0.4, 0.5) is 0 Å². The van der Waals surface area contributed by atoms with E-state index in [1.54, 1.807) is 0 Å². The highest BCUT2D eigenvalue weighted by Gasteiger charge is 2.01. The van der Waals surface area contributed by atoms with Crippen LogP contribution >= 0.6 is 12.4 Å². The van der Waals surface area contributed by atoms with E-state index in [1.165, 1.54) is 0 Å². The van der Waals surface area contributed by atoms with Crippen LogP contribution in [0.5, 0.6) is 0 Å². The topological polar surface area (TPSA) is 12.0 Å². The lowest BCUT2D eigenvalue weighted by molar-refractivity contribution is 0.571. The smallest absolute Gasteiger partial charge is 0.0233 e. The van der Waals surface area contributed by atoms with Gasteiger partial charge in [0.2, 0.25) is 0 Å². The van der Waals surface area contributed by atoms with Gasteiger partial charge in [-0.15, -0.1) is 12.4 Å². The van der Waals surface area contributed by atoms with Crippen molar-refractivity contribution in [3.8, 4) is 11.8 Å². The molecule has 0 atom stereocenters. The Morgan fingerprint density at radius 3 is 2.33 bits per heavy atom. The molecule has 0 unspecified atom stereocenters. The molecule has 0 aromatic heterocycles. The first-order valence-corrected chi connectivity index (χ1v) is 3.88. The molecule has 1 N–H and O–H groups in total. The zero-order valence-electron chi connectivity index (χ0n) is 8.27. The van der Waals surface area contributed by atoms with Gasteiger partial charge in [-0.3, -0.25) is 0 Å². The fraction of sp³-hybridized carbons (Fsp3) is 0.600. The molecule has 12 heavy (non-hydrogen) atoms. The highest BCUT2D eigenvalue weighted by molar-refractivity contribution is 5.85. The molecule has 0 aromatic rings. The van der Waals surface area contributed by atoms with Crippen molar-refractivity contribution >= 4 is 12.4 Å². The predicted molar refractivity (Wildman–Crippen MR) is 57.5 cm³/mol. The number of allylic oxidation sites excluding steroid dienone is 1. The average molecular weight is 188 g/mol. The number of halogens is 1. The summed E-state index contributed by atoms with van der Waals surface area (Å²) in [7, 11) is 1.92. The van der Waals surface area contributed by atoms with Crippen LogP contribution in [0, 0.1) is 17.3 Å². The van der Waals surface area contributed by atoms with E-state index >= 15 is 0 Å². The molecule has 0 aliphatic heterocycles. The summed E-state index contributed by atoms with van der Waals surface area (Å²) >= 11 is 0. The summed E-state index contributed by atoms with van der Waals surface area (Å²) in [5, 5.41) is 3.01. The molecule has 0 fully saturated rings. The quantitative estimate of drug-likeness (QED) is 0.654.